The van der Waals surface area contributed by atoms with E-state index in [1.54, 1.807) is 0 Å². The summed E-state index contributed by atoms with van der Waals surface area (Å²) in [7, 11) is 0. The molecule has 1 radical (unpaired) electrons. The van der Waals surface area contributed by atoms with Crippen LogP contribution in [-0.2, 0) is 4.79 Å². The van der Waals surface area contributed by atoms with Crippen molar-refractivity contribution >= 4 is 5.97 Å². The number of carbonyl (C=O) groups is 1. The van der Waals surface area contributed by atoms with Crippen LogP contribution in [0.3, 0.4) is 0 Å². The van der Waals surface area contributed by atoms with Crippen molar-refractivity contribution in [3.63, 3.8) is 0 Å². The van der Waals surface area contributed by atoms with Crippen LogP contribution in [0.25, 0.3) is 0 Å². The second-order valence-electron chi connectivity index (χ2n) is 0.644. The van der Waals surface area contributed by atoms with E-state index in [1.807, 2.05) is 0 Å². The smallest absolute Gasteiger partial charge is 0.303 e. The highest BCUT2D eigenvalue weighted by Crippen LogP contribution is 1.66. The van der Waals surface area contributed by atoms with Crippen LogP contribution >= 0.6 is 0 Å². The van der Waals surface area contributed by atoms with E-state index in [0.717, 1.165) is 0 Å². The van der Waals surface area contributed by atoms with Crippen molar-refractivity contribution in [3.8, 4) is 0 Å². The Bertz CT molecular complexity index is 40.2. The maximum Gasteiger partial charge on any atom is 0.303 e. The molecule has 0 saturated heterocycles. The minimum Gasteiger partial charge on any atom is -0.481 e. The fourth-order valence-corrected chi connectivity index (χ4v) is 0. The van der Waals surface area contributed by atoms with Gasteiger partial charge in [-0.25, -0.2) is 0 Å². The summed E-state index contributed by atoms with van der Waals surface area (Å²) in [4.78, 5) is 9.31. The summed E-state index contributed by atoms with van der Waals surface area (Å²) in [6.07, 6.45) is -0.0278. The fraction of sp³-hybridized carbons (Fsp3) is 0.333. The van der Waals surface area contributed by atoms with E-state index < -0.39 is 5.97 Å². The van der Waals surface area contributed by atoms with Gasteiger partial charge in [-0.15, -0.1) is 0 Å². The topological polar surface area (TPSA) is 37.3 Å². The number of hydrogen-bond acceptors (Lipinski definition) is 1. The van der Waals surface area contributed by atoms with Crippen molar-refractivity contribution < 1.29 is 9.90 Å². The van der Waals surface area contributed by atoms with Crippen LogP contribution in [0.4, 0.5) is 0 Å². The van der Waals surface area contributed by atoms with Gasteiger partial charge in [0, 0.05) is 6.42 Å². The van der Waals surface area contributed by atoms with Crippen LogP contribution in [0.1, 0.15) is 6.42 Å². The molecule has 0 fully saturated rings. The Morgan fingerprint density at radius 3 is 2.20 bits per heavy atom. The summed E-state index contributed by atoms with van der Waals surface area (Å²) in [5.74, 6) is -0.856. The minimum absolute atomic E-state index is 0.0278. The molecule has 0 saturated carbocycles. The number of carboxylic acids is 1. The first-order valence-corrected chi connectivity index (χ1v) is 1.28. The predicted molar refractivity (Wildman–Crippen MR) is 17.6 cm³/mol. The molecule has 0 aromatic heterocycles. The molecule has 0 unspecified atom stereocenters. The van der Waals surface area contributed by atoms with Crippen LogP contribution < -0.4 is 0 Å². The third-order valence-electron chi connectivity index (χ3n) is 0.214. The Morgan fingerprint density at radius 2 is 2.20 bits per heavy atom. The number of carboxylic acid groups (broad SMARTS) is 1. The molecule has 2 heteroatoms. The molecule has 0 aliphatic rings. The maximum absolute atomic E-state index is 9.31. The SMILES string of the molecule is [CH2]CC(=O)O. The second-order valence-corrected chi connectivity index (χ2v) is 0.644. The Labute approximate surface area is 30.4 Å². The number of aliphatic carboxylic acids is 1. The molecule has 0 bridgehead atoms. The molecule has 5 heavy (non-hydrogen) atoms. The Balaban J connectivity index is 2.85. The molecule has 0 heterocycles. The fourth-order valence-electron chi connectivity index (χ4n) is 0. The van der Waals surface area contributed by atoms with Crippen molar-refractivity contribution in [3.05, 3.63) is 6.92 Å². The summed E-state index contributed by atoms with van der Waals surface area (Å²) in [6.45, 7) is 3.09. The molecule has 0 aliphatic heterocycles. The highest BCUT2D eigenvalue weighted by molar-refractivity contribution is 5.67. The van der Waals surface area contributed by atoms with Gasteiger partial charge in [0.25, 0.3) is 0 Å². The van der Waals surface area contributed by atoms with E-state index in [4.69, 9.17) is 5.11 Å². The third kappa shape index (κ3) is 3.47. The average molecular weight is 73.1 g/mol. The van der Waals surface area contributed by atoms with Crippen LogP contribution in [-0.4, -0.2) is 11.1 Å². The van der Waals surface area contributed by atoms with E-state index in [-0.39, 0.29) is 6.42 Å². The monoisotopic (exact) mass is 73.0 g/mol. The van der Waals surface area contributed by atoms with E-state index >= 15 is 0 Å². The molecule has 0 aliphatic carbocycles. The minimum atomic E-state index is -0.856. The lowest BCUT2D eigenvalue weighted by Gasteiger charge is -1.71. The van der Waals surface area contributed by atoms with Crippen molar-refractivity contribution in [1.29, 1.82) is 0 Å². The van der Waals surface area contributed by atoms with Crippen LogP contribution in [0, 0.1) is 6.92 Å². The molecule has 0 atom stereocenters. The molecule has 0 rings (SSSR count). The van der Waals surface area contributed by atoms with Gasteiger partial charge in [-0.2, -0.15) is 0 Å². The first-order valence-electron chi connectivity index (χ1n) is 1.28. The molecule has 2 nitrogen and oxygen atoms in total. The highest BCUT2D eigenvalue weighted by atomic mass is 16.4. The first-order chi connectivity index (χ1) is 2.27. The van der Waals surface area contributed by atoms with Crippen LogP contribution in [0.15, 0.2) is 0 Å². The van der Waals surface area contributed by atoms with Crippen molar-refractivity contribution in [1.82, 2.24) is 0 Å². The lowest BCUT2D eigenvalue weighted by Crippen LogP contribution is -1.87. The normalized spacial score (nSPS) is 7.40. The zero-order chi connectivity index (χ0) is 4.28. The maximum atomic E-state index is 9.31. The van der Waals surface area contributed by atoms with Crippen LogP contribution in [0.5, 0.6) is 0 Å². The largest absolute Gasteiger partial charge is 0.481 e. The summed E-state index contributed by atoms with van der Waals surface area (Å²) in [6, 6.07) is 0. The van der Waals surface area contributed by atoms with Gasteiger partial charge in [-0.1, -0.05) is 0 Å². The Hall–Kier alpha value is -0.530. The molecular weight excluding hydrogens is 68.0 g/mol. The highest BCUT2D eigenvalue weighted by Gasteiger charge is 1.81. The van der Waals surface area contributed by atoms with Gasteiger partial charge in [-0.3, -0.25) is 4.79 Å². The lowest BCUT2D eigenvalue weighted by atomic mass is 10.5. The molecule has 0 amide bonds. The van der Waals surface area contributed by atoms with Crippen LogP contribution in [0.2, 0.25) is 0 Å². The summed E-state index contributed by atoms with van der Waals surface area (Å²) in [5, 5.41) is 7.66. The van der Waals surface area contributed by atoms with Gasteiger partial charge in [0.1, 0.15) is 0 Å². The molecule has 0 aromatic carbocycles. The standard InChI is InChI=1S/C3H5O2/c1-2-3(4)5/h1-2H2,(H,4,5). The van der Waals surface area contributed by atoms with Gasteiger partial charge in [0.05, 0.1) is 0 Å². The molecule has 29 valence electrons. The molecule has 0 aromatic rings. The number of hydrogen-bond donors (Lipinski definition) is 1. The lowest BCUT2D eigenvalue weighted by molar-refractivity contribution is -0.136. The molecule has 0 spiro atoms. The number of rotatable bonds is 1. The van der Waals surface area contributed by atoms with Crippen molar-refractivity contribution in [2.45, 2.75) is 6.42 Å². The van der Waals surface area contributed by atoms with E-state index in [0.29, 0.717) is 0 Å². The van der Waals surface area contributed by atoms with Crippen molar-refractivity contribution in [2.24, 2.45) is 0 Å². The van der Waals surface area contributed by atoms with Gasteiger partial charge < -0.3 is 5.11 Å². The van der Waals surface area contributed by atoms with E-state index in [1.165, 1.54) is 0 Å². The van der Waals surface area contributed by atoms with E-state index in [9.17, 15) is 4.79 Å². The predicted octanol–water partition coefficient (Wildman–Crippen LogP) is 0.295. The quantitative estimate of drug-likeness (QED) is 0.484. The van der Waals surface area contributed by atoms with Gasteiger partial charge >= 0.3 is 5.97 Å². The summed E-state index contributed by atoms with van der Waals surface area (Å²) >= 11 is 0. The van der Waals surface area contributed by atoms with Gasteiger partial charge in [-0.05, 0) is 6.92 Å². The summed E-state index contributed by atoms with van der Waals surface area (Å²) < 4.78 is 0. The zero-order valence-electron chi connectivity index (χ0n) is 2.77. The molecule has 1 N–H and O–H groups in total. The third-order valence-corrected chi connectivity index (χ3v) is 0.214. The summed E-state index contributed by atoms with van der Waals surface area (Å²) in [5.41, 5.74) is 0. The Kier molecular flexibility index (Phi) is 1.57. The Morgan fingerprint density at radius 1 is 2.00 bits per heavy atom. The van der Waals surface area contributed by atoms with Gasteiger partial charge in [0.15, 0.2) is 0 Å². The average Bonchev–Trinajstić information content (AvgIpc) is 1.38. The zero-order valence-corrected chi connectivity index (χ0v) is 2.77. The molecular formula is C3H5O2. The first kappa shape index (κ1) is 4.47. The second kappa shape index (κ2) is 1.76. The van der Waals surface area contributed by atoms with Gasteiger partial charge in [0.2, 0.25) is 0 Å². The van der Waals surface area contributed by atoms with E-state index in [2.05, 4.69) is 6.92 Å². The van der Waals surface area contributed by atoms with Crippen molar-refractivity contribution in [2.75, 3.05) is 0 Å².